The highest BCUT2D eigenvalue weighted by Crippen LogP contribution is 2.39. The molecule has 0 saturated carbocycles. The molecule has 0 unspecified atom stereocenters. The number of hydrogen-bond acceptors (Lipinski definition) is 4. The summed E-state index contributed by atoms with van der Waals surface area (Å²) in [5.74, 6) is 0. The zero-order valence-electron chi connectivity index (χ0n) is 16.0. The summed E-state index contributed by atoms with van der Waals surface area (Å²) in [5, 5.41) is 4.58. The first kappa shape index (κ1) is 18.4. The first-order valence-electron chi connectivity index (χ1n) is 9.34. The van der Waals surface area contributed by atoms with Crippen molar-refractivity contribution in [2.75, 3.05) is 31.1 Å². The van der Waals surface area contributed by atoms with E-state index in [-0.39, 0.29) is 5.04 Å². The lowest BCUT2D eigenvalue weighted by Gasteiger charge is -2.35. The fourth-order valence-electron chi connectivity index (χ4n) is 3.15. The Bertz CT molecular complexity index is 733. The van der Waals surface area contributed by atoms with Crippen LogP contribution < -0.4 is 10.2 Å². The van der Waals surface area contributed by atoms with Crippen molar-refractivity contribution in [3.63, 3.8) is 0 Å². The number of fused-ring (bicyclic) bond motifs is 1. The zero-order chi connectivity index (χ0) is 18.1. The van der Waals surface area contributed by atoms with Crippen LogP contribution in [-0.4, -0.2) is 44.3 Å². The molecular weight excluding hydrogens is 326 g/mol. The number of benzene rings is 1. The van der Waals surface area contributed by atoms with E-state index in [4.69, 9.17) is 4.98 Å². The second-order valence-corrected chi connectivity index (χ2v) is 12.8. The summed E-state index contributed by atoms with van der Waals surface area (Å²) in [4.78, 5) is 17.8. The molecule has 1 fully saturated rings. The Kier molecular flexibility index (Phi) is 5.18. The monoisotopic (exact) mass is 357 g/mol. The van der Waals surface area contributed by atoms with E-state index in [1.165, 1.54) is 11.1 Å². The number of aryl methyl sites for hydroxylation is 1. The minimum absolute atomic E-state index is 0.00765. The van der Waals surface area contributed by atoms with E-state index in [1.54, 1.807) is 0 Å². The van der Waals surface area contributed by atoms with Gasteiger partial charge in [-0.3, -0.25) is 4.98 Å². The van der Waals surface area contributed by atoms with Gasteiger partial charge in [-0.1, -0.05) is 26.0 Å². The first-order chi connectivity index (χ1) is 11.8. The van der Waals surface area contributed by atoms with E-state index in [2.05, 4.69) is 54.4 Å². The Morgan fingerprint density at radius 2 is 1.84 bits per heavy atom. The molecular formula is C20H31N3OSi. The maximum absolute atomic E-state index is 10.5. The maximum Gasteiger partial charge on any atom is 0.188 e. The molecule has 25 heavy (non-hydrogen) atoms. The van der Waals surface area contributed by atoms with Gasteiger partial charge >= 0.3 is 0 Å². The normalized spacial score (nSPS) is 16.4. The largest absolute Gasteiger partial charge is 0.432 e. The van der Waals surface area contributed by atoms with Crippen LogP contribution in [0.1, 0.15) is 26.0 Å². The number of rotatable bonds is 5. The molecule has 0 spiro atoms. The van der Waals surface area contributed by atoms with Gasteiger partial charge in [0.15, 0.2) is 8.32 Å². The molecule has 1 aliphatic heterocycles. The summed E-state index contributed by atoms with van der Waals surface area (Å²) in [5.41, 5.74) is 3.46. The van der Waals surface area contributed by atoms with Crippen LogP contribution in [0.15, 0.2) is 30.3 Å². The highest BCUT2D eigenvalue weighted by atomic mass is 28.4. The molecule has 136 valence electrons. The van der Waals surface area contributed by atoms with Gasteiger partial charge in [-0.05, 0) is 49.2 Å². The van der Waals surface area contributed by atoms with E-state index >= 15 is 0 Å². The van der Waals surface area contributed by atoms with Crippen molar-refractivity contribution in [1.29, 1.82) is 0 Å². The van der Waals surface area contributed by atoms with Crippen LogP contribution in [0, 0.1) is 0 Å². The molecule has 2 heterocycles. The van der Waals surface area contributed by atoms with Crippen molar-refractivity contribution in [3.8, 4) is 0 Å². The lowest BCUT2D eigenvalue weighted by Crippen LogP contribution is -2.43. The van der Waals surface area contributed by atoms with Gasteiger partial charge < -0.3 is 15.0 Å². The highest BCUT2D eigenvalue weighted by molar-refractivity contribution is 6.72. The van der Waals surface area contributed by atoms with Gasteiger partial charge in [0.25, 0.3) is 0 Å². The van der Waals surface area contributed by atoms with Crippen molar-refractivity contribution in [1.82, 2.24) is 10.3 Å². The predicted octanol–water partition coefficient (Wildman–Crippen LogP) is 3.55. The highest BCUT2D eigenvalue weighted by Gasteiger charge is 2.37. The predicted molar refractivity (Wildman–Crippen MR) is 109 cm³/mol. The molecule has 0 radical (unpaired) electrons. The van der Waals surface area contributed by atoms with Gasteiger partial charge in [0.1, 0.15) is 0 Å². The molecule has 2 aromatic rings. The third-order valence-electron chi connectivity index (χ3n) is 5.88. The Hall–Kier alpha value is -1.43. The zero-order valence-corrected chi connectivity index (χ0v) is 17.0. The van der Waals surface area contributed by atoms with Crippen molar-refractivity contribution in [2.24, 2.45) is 0 Å². The minimum atomic E-state index is -2.16. The standard InChI is InChI=1S/C20H31N3OSi/c1-20(2,25(3,4)24)10-9-17-7-5-16-6-8-18(15-19(16)22-17)23-13-11-21-12-14-23/h5-8,15,21,24H,9-14H2,1-4H3. The molecule has 1 saturated heterocycles. The van der Waals surface area contributed by atoms with Gasteiger partial charge in [-0.15, -0.1) is 0 Å². The van der Waals surface area contributed by atoms with Crippen LogP contribution in [0.25, 0.3) is 10.9 Å². The molecule has 0 atom stereocenters. The SMILES string of the molecule is CC(C)(CCc1ccc2ccc(N3CCNCC3)cc2n1)[Si](C)(C)O. The molecule has 3 rings (SSSR count). The summed E-state index contributed by atoms with van der Waals surface area (Å²) in [6.07, 6.45) is 1.89. The first-order valence-corrected chi connectivity index (χ1v) is 12.3. The number of pyridine rings is 1. The number of aromatic nitrogens is 1. The molecule has 0 amide bonds. The third kappa shape index (κ3) is 4.22. The van der Waals surface area contributed by atoms with E-state index in [0.717, 1.165) is 50.2 Å². The number of hydrogen-bond donors (Lipinski definition) is 2. The van der Waals surface area contributed by atoms with E-state index in [0.29, 0.717) is 0 Å². The van der Waals surface area contributed by atoms with E-state index < -0.39 is 8.32 Å². The summed E-state index contributed by atoms with van der Waals surface area (Å²) >= 11 is 0. The lowest BCUT2D eigenvalue weighted by molar-refractivity contribution is 0.450. The summed E-state index contributed by atoms with van der Waals surface area (Å²) in [6, 6.07) is 10.9. The molecule has 0 aliphatic carbocycles. The second-order valence-electron chi connectivity index (χ2n) is 8.36. The Morgan fingerprint density at radius 1 is 1.16 bits per heavy atom. The second kappa shape index (κ2) is 7.06. The van der Waals surface area contributed by atoms with Crippen molar-refractivity contribution >= 4 is 24.9 Å². The number of piperazine rings is 1. The maximum atomic E-state index is 10.5. The Balaban J connectivity index is 1.78. The smallest absolute Gasteiger partial charge is 0.188 e. The summed E-state index contributed by atoms with van der Waals surface area (Å²) in [6.45, 7) is 12.6. The van der Waals surface area contributed by atoms with Crippen LogP contribution in [0.3, 0.4) is 0 Å². The van der Waals surface area contributed by atoms with Crippen LogP contribution >= 0.6 is 0 Å². The number of nitrogens with one attached hydrogen (secondary N) is 1. The summed E-state index contributed by atoms with van der Waals surface area (Å²) in [7, 11) is -2.16. The average molecular weight is 358 g/mol. The van der Waals surface area contributed by atoms with Gasteiger partial charge in [0, 0.05) is 42.9 Å². The quantitative estimate of drug-likeness (QED) is 0.804. The van der Waals surface area contributed by atoms with Crippen molar-refractivity contribution in [3.05, 3.63) is 36.0 Å². The minimum Gasteiger partial charge on any atom is -0.432 e. The molecule has 1 aromatic carbocycles. The molecule has 2 N–H and O–H groups in total. The molecule has 5 heteroatoms. The molecule has 0 bridgehead atoms. The van der Waals surface area contributed by atoms with Crippen molar-refractivity contribution < 1.29 is 4.80 Å². The lowest BCUT2D eigenvalue weighted by atomic mass is 10.0. The molecule has 1 aromatic heterocycles. The van der Waals surface area contributed by atoms with Gasteiger partial charge in [0.2, 0.25) is 0 Å². The van der Waals surface area contributed by atoms with Crippen LogP contribution in [0.2, 0.25) is 18.1 Å². The average Bonchev–Trinajstić information content (AvgIpc) is 2.59. The van der Waals surface area contributed by atoms with Crippen LogP contribution in [0.5, 0.6) is 0 Å². The molecule has 1 aliphatic rings. The van der Waals surface area contributed by atoms with Gasteiger partial charge in [-0.2, -0.15) is 0 Å². The molecule has 4 nitrogen and oxygen atoms in total. The topological polar surface area (TPSA) is 48.4 Å². The Morgan fingerprint density at radius 3 is 2.52 bits per heavy atom. The number of anilines is 1. The van der Waals surface area contributed by atoms with Crippen molar-refractivity contribution in [2.45, 2.75) is 44.8 Å². The van der Waals surface area contributed by atoms with Gasteiger partial charge in [-0.25, -0.2) is 0 Å². The third-order valence-corrected chi connectivity index (χ3v) is 9.44. The van der Waals surface area contributed by atoms with Crippen LogP contribution in [0.4, 0.5) is 5.69 Å². The van der Waals surface area contributed by atoms with E-state index in [9.17, 15) is 4.80 Å². The number of nitrogens with zero attached hydrogens (tertiary/aromatic N) is 2. The Labute approximate surface area is 152 Å². The van der Waals surface area contributed by atoms with Crippen LogP contribution in [-0.2, 0) is 6.42 Å². The fraction of sp³-hybridized carbons (Fsp3) is 0.550. The fourth-order valence-corrected chi connectivity index (χ4v) is 3.89. The van der Waals surface area contributed by atoms with E-state index in [1.807, 2.05) is 13.1 Å². The summed E-state index contributed by atoms with van der Waals surface area (Å²) < 4.78 is 0. The van der Waals surface area contributed by atoms with Gasteiger partial charge in [0.05, 0.1) is 5.52 Å².